The number of carbonyl (C=O) groups excluding carboxylic acids is 2. The van der Waals surface area contributed by atoms with E-state index in [2.05, 4.69) is 17.3 Å². The second kappa shape index (κ2) is 7.80. The largest absolute Gasteiger partial charge is 0.507 e. The van der Waals surface area contributed by atoms with E-state index in [4.69, 9.17) is 16.6 Å². The van der Waals surface area contributed by atoms with E-state index in [9.17, 15) is 19.5 Å². The van der Waals surface area contributed by atoms with E-state index in [1.54, 1.807) is 6.07 Å². The van der Waals surface area contributed by atoms with Crippen LogP contribution >= 0.6 is 0 Å². The van der Waals surface area contributed by atoms with Gasteiger partial charge in [0.2, 0.25) is 5.91 Å². The van der Waals surface area contributed by atoms with Gasteiger partial charge in [0.25, 0.3) is 5.91 Å². The highest BCUT2D eigenvalue weighted by Gasteiger charge is 2.56. The van der Waals surface area contributed by atoms with Crippen LogP contribution in [0.3, 0.4) is 0 Å². The van der Waals surface area contributed by atoms with Crippen molar-refractivity contribution < 1.29 is 24.6 Å². The van der Waals surface area contributed by atoms with Crippen molar-refractivity contribution in [2.24, 2.45) is 17.4 Å². The van der Waals surface area contributed by atoms with Crippen LogP contribution in [0.1, 0.15) is 53.6 Å². The number of carboxylic acids is 1. The number of fused-ring (bicyclic) bond motifs is 1. The molecule has 1 saturated carbocycles. The number of nitrogens with zero attached hydrogens (tertiary/aromatic N) is 1. The van der Waals surface area contributed by atoms with Gasteiger partial charge in [0.05, 0.1) is 12.0 Å². The number of piperidine rings is 1. The summed E-state index contributed by atoms with van der Waals surface area (Å²) in [6.07, 6.45) is 3.59. The van der Waals surface area contributed by atoms with E-state index in [0.29, 0.717) is 18.4 Å². The van der Waals surface area contributed by atoms with E-state index in [0.717, 1.165) is 43.4 Å². The quantitative estimate of drug-likeness (QED) is 0.442. The number of benzene rings is 1. The lowest BCUT2D eigenvalue weighted by Gasteiger charge is -2.59. The van der Waals surface area contributed by atoms with Crippen molar-refractivity contribution in [1.29, 1.82) is 0 Å². The maximum absolute atomic E-state index is 12.4. The summed E-state index contributed by atoms with van der Waals surface area (Å²) in [5, 5.41) is 23.0. The molecular formula is C22H30N4O5. The Morgan fingerprint density at radius 1 is 1.32 bits per heavy atom. The maximum Gasteiger partial charge on any atom is 0.321 e. The van der Waals surface area contributed by atoms with E-state index in [-0.39, 0.29) is 35.1 Å². The predicted octanol–water partition coefficient (Wildman–Crippen LogP) is 0.0760. The molecule has 1 saturated heterocycles. The van der Waals surface area contributed by atoms with Crippen LogP contribution < -0.4 is 16.8 Å². The Kier molecular flexibility index (Phi) is 5.43. The van der Waals surface area contributed by atoms with E-state index in [1.165, 1.54) is 0 Å². The van der Waals surface area contributed by atoms with Crippen LogP contribution in [0.2, 0.25) is 0 Å². The van der Waals surface area contributed by atoms with E-state index < -0.39 is 17.9 Å². The Morgan fingerprint density at radius 3 is 2.74 bits per heavy atom. The molecule has 9 heteroatoms. The minimum Gasteiger partial charge on any atom is -0.507 e. The summed E-state index contributed by atoms with van der Waals surface area (Å²) in [6, 6.07) is 2.43. The number of likely N-dealkylation sites (N-methyl/N-ethyl adjacent to an activating group) is 1. The number of nitrogens with one attached hydrogen (secondary N) is 1. The summed E-state index contributed by atoms with van der Waals surface area (Å²) in [6.45, 7) is 0.853. The Bertz CT molecular complexity index is 935. The molecule has 1 unspecified atom stereocenters. The van der Waals surface area contributed by atoms with Gasteiger partial charge in [0, 0.05) is 23.1 Å². The summed E-state index contributed by atoms with van der Waals surface area (Å²) in [4.78, 5) is 37.6. The fourth-order valence-electron chi connectivity index (χ4n) is 6.24. The van der Waals surface area contributed by atoms with Gasteiger partial charge in [0.1, 0.15) is 11.8 Å². The molecule has 0 aromatic heterocycles. The van der Waals surface area contributed by atoms with Crippen molar-refractivity contribution in [3.63, 3.8) is 0 Å². The smallest absolute Gasteiger partial charge is 0.321 e. The van der Waals surface area contributed by atoms with Gasteiger partial charge >= 0.3 is 5.97 Å². The Morgan fingerprint density at radius 2 is 2.06 bits per heavy atom. The summed E-state index contributed by atoms with van der Waals surface area (Å²) in [7, 11) is 2.12. The number of carbonyl (C=O) groups is 3. The fourth-order valence-corrected chi connectivity index (χ4v) is 6.24. The number of primary amides is 1. The molecule has 1 aromatic carbocycles. The Labute approximate surface area is 180 Å². The summed E-state index contributed by atoms with van der Waals surface area (Å²) < 4.78 is 0. The minimum absolute atomic E-state index is 0.0297. The van der Waals surface area contributed by atoms with Crippen LogP contribution in [0.5, 0.6) is 5.75 Å². The lowest BCUT2D eigenvalue weighted by Crippen LogP contribution is -2.62. The number of rotatable bonds is 5. The molecule has 7 N–H and O–H groups in total. The molecule has 1 aliphatic heterocycles. The number of nitrogens with two attached hydrogens (primary N) is 2. The second-order valence-corrected chi connectivity index (χ2v) is 9.32. The summed E-state index contributed by atoms with van der Waals surface area (Å²) in [5.74, 6) is -1.99. The molecule has 1 heterocycles. The van der Waals surface area contributed by atoms with E-state index in [1.807, 2.05) is 6.07 Å². The fraction of sp³-hybridized carbons (Fsp3) is 0.591. The molecule has 0 spiro atoms. The monoisotopic (exact) mass is 430 g/mol. The van der Waals surface area contributed by atoms with Crippen LogP contribution in [0.15, 0.2) is 12.1 Å². The molecule has 9 nitrogen and oxygen atoms in total. The molecular weight excluding hydrogens is 400 g/mol. The Hall–Kier alpha value is -2.65. The van der Waals surface area contributed by atoms with Crippen molar-refractivity contribution in [3.05, 3.63) is 28.8 Å². The number of amides is 2. The lowest BCUT2D eigenvalue weighted by atomic mass is 9.51. The third-order valence-corrected chi connectivity index (χ3v) is 7.63. The molecule has 0 radical (unpaired) electrons. The first-order valence-corrected chi connectivity index (χ1v) is 10.8. The van der Waals surface area contributed by atoms with Gasteiger partial charge in [-0.25, -0.2) is 0 Å². The van der Waals surface area contributed by atoms with Gasteiger partial charge in [-0.2, -0.15) is 0 Å². The van der Waals surface area contributed by atoms with Crippen LogP contribution in [-0.2, 0) is 21.4 Å². The molecule has 1 aromatic rings. The van der Waals surface area contributed by atoms with Gasteiger partial charge in [-0.15, -0.1) is 0 Å². The average molecular weight is 431 g/mol. The number of carboxylic acid groups (broad SMARTS) is 1. The van der Waals surface area contributed by atoms with Gasteiger partial charge in [0.15, 0.2) is 0 Å². The van der Waals surface area contributed by atoms with Crippen molar-refractivity contribution in [2.75, 3.05) is 13.6 Å². The predicted molar refractivity (Wildman–Crippen MR) is 113 cm³/mol. The molecule has 31 heavy (non-hydrogen) atoms. The second-order valence-electron chi connectivity index (χ2n) is 9.32. The molecule has 5 atom stereocenters. The first-order chi connectivity index (χ1) is 14.6. The van der Waals surface area contributed by atoms with E-state index >= 15 is 0 Å². The number of phenols is 1. The first-order valence-electron chi connectivity index (χ1n) is 10.8. The number of hydrogen-bond acceptors (Lipinski definition) is 6. The summed E-state index contributed by atoms with van der Waals surface area (Å²) >= 11 is 0. The molecule has 2 fully saturated rings. The molecule has 2 amide bonds. The topological polar surface area (TPSA) is 159 Å². The zero-order chi connectivity index (χ0) is 22.5. The highest BCUT2D eigenvalue weighted by atomic mass is 16.4. The lowest BCUT2D eigenvalue weighted by molar-refractivity contribution is -0.140. The molecule has 3 aliphatic rings. The molecule has 2 aliphatic carbocycles. The first kappa shape index (κ1) is 21.6. The van der Waals surface area contributed by atoms with Gasteiger partial charge < -0.3 is 31.9 Å². The summed E-state index contributed by atoms with van der Waals surface area (Å²) in [5.41, 5.74) is 12.6. The zero-order valence-corrected chi connectivity index (χ0v) is 17.6. The van der Waals surface area contributed by atoms with Crippen molar-refractivity contribution in [2.45, 2.75) is 62.1 Å². The number of aliphatic carboxylic acids is 1. The average Bonchev–Trinajstić information content (AvgIpc) is 2.69. The number of aromatic hydroxyl groups is 1. The zero-order valence-electron chi connectivity index (χ0n) is 17.6. The molecule has 2 bridgehead atoms. The molecule has 168 valence electrons. The maximum atomic E-state index is 12.4. The van der Waals surface area contributed by atoms with Crippen LogP contribution in [-0.4, -0.2) is 64.6 Å². The van der Waals surface area contributed by atoms with Gasteiger partial charge in [-0.1, -0.05) is 6.07 Å². The highest BCUT2D eigenvalue weighted by Crippen LogP contribution is 2.58. The van der Waals surface area contributed by atoms with Crippen LogP contribution in [0.25, 0.3) is 0 Å². The van der Waals surface area contributed by atoms with Gasteiger partial charge in [-0.3, -0.25) is 14.4 Å². The number of hydrogen-bond donors (Lipinski definition) is 5. The van der Waals surface area contributed by atoms with Crippen LogP contribution in [0.4, 0.5) is 0 Å². The normalized spacial score (nSPS) is 30.6. The third kappa shape index (κ3) is 3.55. The number of likely N-dealkylation sites (tertiary alicyclic amines) is 1. The van der Waals surface area contributed by atoms with Crippen molar-refractivity contribution in [1.82, 2.24) is 10.2 Å². The highest BCUT2D eigenvalue weighted by molar-refractivity contribution is 5.96. The Balaban J connectivity index is 1.68. The van der Waals surface area contributed by atoms with Crippen molar-refractivity contribution >= 4 is 17.8 Å². The van der Waals surface area contributed by atoms with Gasteiger partial charge in [-0.05, 0) is 63.2 Å². The molecule has 4 rings (SSSR count). The minimum atomic E-state index is -1.24. The van der Waals surface area contributed by atoms with Crippen molar-refractivity contribution in [3.8, 4) is 5.75 Å². The SMILES string of the molecule is CN1CC[C@]23C[C@H](NC(=O)C[C@@H](N)C(=O)O)CCC2[C@H]1Cc1ccc(C(N)=O)c(O)c13. The van der Waals surface area contributed by atoms with Crippen LogP contribution in [0, 0.1) is 5.92 Å². The third-order valence-electron chi connectivity index (χ3n) is 7.63. The standard InChI is InChI=1S/C22H30N4O5/c1-26-7-6-22-10-12(25-17(27)9-15(23)21(30)31)3-5-14(22)16(26)8-11-2-4-13(20(24)29)19(28)18(11)22/h2,4,12,14-16,28H,3,5-10,23H2,1H3,(H2,24,29)(H,25,27)(H,30,31)/t12-,14?,15-,16-,22+/m1/s1.